The lowest BCUT2D eigenvalue weighted by Gasteiger charge is -2.13. The van der Waals surface area contributed by atoms with E-state index in [0.717, 1.165) is 24.2 Å². The number of likely N-dealkylation sites (N-methyl/N-ethyl adjacent to an activating group) is 1. The fourth-order valence-electron chi connectivity index (χ4n) is 2.71. The molecule has 0 saturated carbocycles. The van der Waals surface area contributed by atoms with Gasteiger partial charge in [-0.05, 0) is 58.7 Å². The Kier molecular flexibility index (Phi) is 3.77. The molecule has 0 bridgehead atoms. The first kappa shape index (κ1) is 14.6. The summed E-state index contributed by atoms with van der Waals surface area (Å²) in [4.78, 5) is 21.9. The zero-order chi connectivity index (χ0) is 15.1. The quantitative estimate of drug-likeness (QED) is 0.795. The third-order valence-electron chi connectivity index (χ3n) is 3.92. The fourth-order valence-corrected chi connectivity index (χ4v) is 3.59. The van der Waals surface area contributed by atoms with Gasteiger partial charge in [0.25, 0.3) is 5.56 Å². The molecule has 2 heterocycles. The van der Waals surface area contributed by atoms with Crippen molar-refractivity contribution in [2.75, 3.05) is 18.5 Å². The molecule has 1 aromatic heterocycles. The standard InChI is InChI=1S/C16H18IN3O/c1-9(2)14-13(17)16(21)19-15(18-14)11-4-5-12-10(8-11)6-7-20(12)3/h4-5,8-9H,6-7H2,1-3H3,(H,18,19,21). The molecule has 0 spiro atoms. The highest BCUT2D eigenvalue weighted by Crippen LogP contribution is 2.30. The van der Waals surface area contributed by atoms with E-state index >= 15 is 0 Å². The maximum absolute atomic E-state index is 12.1. The van der Waals surface area contributed by atoms with E-state index in [2.05, 4.69) is 70.5 Å². The lowest BCUT2D eigenvalue weighted by molar-refractivity contribution is 0.802. The molecule has 0 unspecified atom stereocenters. The van der Waals surface area contributed by atoms with E-state index in [9.17, 15) is 4.79 Å². The minimum atomic E-state index is -0.0538. The molecule has 0 atom stereocenters. The Bertz CT molecular complexity index is 752. The van der Waals surface area contributed by atoms with E-state index in [4.69, 9.17) is 0 Å². The van der Waals surface area contributed by atoms with Crippen LogP contribution < -0.4 is 10.5 Å². The first-order valence-electron chi connectivity index (χ1n) is 7.11. The number of benzene rings is 1. The van der Waals surface area contributed by atoms with Gasteiger partial charge in [0.05, 0.1) is 9.26 Å². The van der Waals surface area contributed by atoms with Crippen molar-refractivity contribution in [2.24, 2.45) is 0 Å². The molecule has 0 aliphatic carbocycles. The molecule has 3 rings (SSSR count). The molecule has 5 heteroatoms. The monoisotopic (exact) mass is 395 g/mol. The SMILES string of the molecule is CC(C)c1nc(-c2ccc3c(c2)CCN3C)[nH]c(=O)c1I. The second-order valence-electron chi connectivity index (χ2n) is 5.78. The summed E-state index contributed by atoms with van der Waals surface area (Å²) in [6.07, 6.45) is 1.05. The molecule has 4 nitrogen and oxygen atoms in total. The summed E-state index contributed by atoms with van der Waals surface area (Å²) < 4.78 is 0.687. The van der Waals surface area contributed by atoms with Crippen molar-refractivity contribution in [3.8, 4) is 11.4 Å². The van der Waals surface area contributed by atoms with Gasteiger partial charge in [-0.3, -0.25) is 4.79 Å². The maximum atomic E-state index is 12.1. The number of nitrogens with one attached hydrogen (secondary N) is 1. The summed E-state index contributed by atoms with van der Waals surface area (Å²) in [5, 5.41) is 0. The topological polar surface area (TPSA) is 49.0 Å². The Morgan fingerprint density at radius 2 is 2.14 bits per heavy atom. The Hall–Kier alpha value is -1.37. The molecule has 2 aromatic rings. The second-order valence-corrected chi connectivity index (χ2v) is 6.86. The van der Waals surface area contributed by atoms with E-state index < -0.39 is 0 Å². The number of aromatic nitrogens is 2. The first-order chi connectivity index (χ1) is 9.97. The first-order valence-corrected chi connectivity index (χ1v) is 8.19. The van der Waals surface area contributed by atoms with E-state index in [0.29, 0.717) is 9.39 Å². The largest absolute Gasteiger partial charge is 0.374 e. The van der Waals surface area contributed by atoms with Crippen LogP contribution in [-0.2, 0) is 6.42 Å². The summed E-state index contributed by atoms with van der Waals surface area (Å²) in [6.45, 7) is 5.17. The van der Waals surface area contributed by atoms with Crippen molar-refractivity contribution in [3.05, 3.63) is 43.4 Å². The van der Waals surface area contributed by atoms with E-state index in [1.807, 2.05) is 6.07 Å². The van der Waals surface area contributed by atoms with Crippen LogP contribution in [0, 0.1) is 3.57 Å². The van der Waals surface area contributed by atoms with Gasteiger partial charge in [-0.1, -0.05) is 13.8 Å². The van der Waals surface area contributed by atoms with Crippen molar-refractivity contribution in [1.82, 2.24) is 9.97 Å². The normalized spacial score (nSPS) is 13.9. The third kappa shape index (κ3) is 2.59. The number of aromatic amines is 1. The van der Waals surface area contributed by atoms with Crippen LogP contribution in [0.15, 0.2) is 23.0 Å². The molecule has 0 radical (unpaired) electrons. The van der Waals surface area contributed by atoms with Crippen LogP contribution in [0.5, 0.6) is 0 Å². The van der Waals surface area contributed by atoms with Gasteiger partial charge in [0.2, 0.25) is 0 Å². The third-order valence-corrected chi connectivity index (χ3v) is 4.96. The minimum absolute atomic E-state index is 0.0538. The Balaban J connectivity index is 2.11. The second kappa shape index (κ2) is 5.44. The highest BCUT2D eigenvalue weighted by molar-refractivity contribution is 14.1. The van der Waals surface area contributed by atoms with Gasteiger partial charge in [0.1, 0.15) is 5.82 Å². The van der Waals surface area contributed by atoms with E-state index in [-0.39, 0.29) is 11.5 Å². The van der Waals surface area contributed by atoms with Crippen molar-refractivity contribution < 1.29 is 0 Å². The number of nitrogens with zero attached hydrogens (tertiary/aromatic N) is 2. The molecule has 1 aromatic carbocycles. The average Bonchev–Trinajstić information content (AvgIpc) is 2.82. The van der Waals surface area contributed by atoms with Crippen LogP contribution >= 0.6 is 22.6 Å². The van der Waals surface area contributed by atoms with E-state index in [1.165, 1.54) is 11.3 Å². The smallest absolute Gasteiger partial charge is 0.264 e. The minimum Gasteiger partial charge on any atom is -0.374 e. The molecule has 110 valence electrons. The average molecular weight is 395 g/mol. The van der Waals surface area contributed by atoms with Gasteiger partial charge >= 0.3 is 0 Å². The van der Waals surface area contributed by atoms with Crippen LogP contribution in [-0.4, -0.2) is 23.6 Å². The van der Waals surface area contributed by atoms with Crippen molar-refractivity contribution in [2.45, 2.75) is 26.2 Å². The zero-order valence-electron chi connectivity index (χ0n) is 12.4. The van der Waals surface area contributed by atoms with Gasteiger partial charge in [0.15, 0.2) is 0 Å². The summed E-state index contributed by atoms with van der Waals surface area (Å²) in [6, 6.07) is 6.30. The zero-order valence-corrected chi connectivity index (χ0v) is 14.6. The Morgan fingerprint density at radius 1 is 1.38 bits per heavy atom. The number of anilines is 1. The fraction of sp³-hybridized carbons (Fsp3) is 0.375. The number of hydrogen-bond donors (Lipinski definition) is 1. The number of rotatable bonds is 2. The van der Waals surface area contributed by atoms with Crippen LogP contribution in [0.3, 0.4) is 0 Å². The molecule has 0 amide bonds. The maximum Gasteiger partial charge on any atom is 0.264 e. The molecular formula is C16H18IN3O. The van der Waals surface area contributed by atoms with E-state index in [1.54, 1.807) is 0 Å². The van der Waals surface area contributed by atoms with Crippen LogP contribution in [0.1, 0.15) is 31.0 Å². The molecular weight excluding hydrogens is 377 g/mol. The summed E-state index contributed by atoms with van der Waals surface area (Å²) in [5.74, 6) is 0.903. The molecule has 1 aliphatic rings. The lowest BCUT2D eigenvalue weighted by Crippen LogP contribution is -2.17. The number of fused-ring (bicyclic) bond motifs is 1. The molecule has 0 saturated heterocycles. The predicted molar refractivity (Wildman–Crippen MR) is 94.1 cm³/mol. The molecule has 21 heavy (non-hydrogen) atoms. The van der Waals surface area contributed by atoms with Crippen LogP contribution in [0.25, 0.3) is 11.4 Å². The van der Waals surface area contributed by atoms with Gasteiger partial charge in [-0.25, -0.2) is 4.98 Å². The highest BCUT2D eigenvalue weighted by Gasteiger charge is 2.18. The summed E-state index contributed by atoms with van der Waals surface area (Å²) in [7, 11) is 2.10. The van der Waals surface area contributed by atoms with Crippen molar-refractivity contribution in [1.29, 1.82) is 0 Å². The van der Waals surface area contributed by atoms with Gasteiger partial charge in [-0.15, -0.1) is 0 Å². The van der Waals surface area contributed by atoms with Gasteiger partial charge < -0.3 is 9.88 Å². The van der Waals surface area contributed by atoms with Crippen molar-refractivity contribution in [3.63, 3.8) is 0 Å². The lowest BCUT2D eigenvalue weighted by atomic mass is 10.1. The highest BCUT2D eigenvalue weighted by atomic mass is 127. The van der Waals surface area contributed by atoms with Gasteiger partial charge in [-0.2, -0.15) is 0 Å². The van der Waals surface area contributed by atoms with Crippen LogP contribution in [0.4, 0.5) is 5.69 Å². The Labute approximate surface area is 137 Å². The predicted octanol–water partition coefficient (Wildman–Crippen LogP) is 3.16. The van der Waals surface area contributed by atoms with Crippen molar-refractivity contribution >= 4 is 28.3 Å². The van der Waals surface area contributed by atoms with Gasteiger partial charge in [0, 0.05) is 24.8 Å². The summed E-state index contributed by atoms with van der Waals surface area (Å²) in [5.41, 5.74) is 4.39. The molecule has 1 N–H and O–H groups in total. The number of hydrogen-bond acceptors (Lipinski definition) is 3. The molecule has 0 fully saturated rings. The molecule has 1 aliphatic heterocycles. The van der Waals surface area contributed by atoms with Crippen LogP contribution in [0.2, 0.25) is 0 Å². The number of H-pyrrole nitrogens is 1. The Morgan fingerprint density at radius 3 is 2.86 bits per heavy atom. The number of halogens is 1. The summed E-state index contributed by atoms with van der Waals surface area (Å²) >= 11 is 2.08.